The van der Waals surface area contributed by atoms with Crippen LogP contribution in [0.1, 0.15) is 22.0 Å². The van der Waals surface area contributed by atoms with Gasteiger partial charge in [-0.2, -0.15) is 0 Å². The van der Waals surface area contributed by atoms with E-state index in [2.05, 4.69) is 0 Å². The Morgan fingerprint density at radius 3 is 2.16 bits per heavy atom. The highest BCUT2D eigenvalue weighted by Gasteiger charge is 2.32. The van der Waals surface area contributed by atoms with E-state index in [0.29, 0.717) is 5.56 Å². The molecule has 0 fully saturated rings. The molecule has 0 heterocycles. The van der Waals surface area contributed by atoms with Crippen molar-refractivity contribution in [1.82, 2.24) is 5.32 Å². The summed E-state index contributed by atoms with van der Waals surface area (Å²) >= 11 is 0. The van der Waals surface area contributed by atoms with Gasteiger partial charge in [0.05, 0.1) is 9.85 Å². The van der Waals surface area contributed by atoms with E-state index in [0.717, 1.165) is 18.2 Å². The number of hydrogen-bond acceptors (Lipinski definition) is 7. The van der Waals surface area contributed by atoms with Gasteiger partial charge < -0.3 is 5.73 Å². The Hall–Kier alpha value is -3.66. The molecular formula is C15H12N4O6. The van der Waals surface area contributed by atoms with Gasteiger partial charge in [0.2, 0.25) is 5.91 Å². The molecule has 0 aliphatic carbocycles. The Morgan fingerprint density at radius 1 is 0.960 bits per heavy atom. The van der Waals surface area contributed by atoms with Crippen LogP contribution in [0.5, 0.6) is 0 Å². The molecule has 0 radical (unpaired) electrons. The van der Waals surface area contributed by atoms with Crippen molar-refractivity contribution in [2.45, 2.75) is 6.04 Å². The van der Waals surface area contributed by atoms with Crippen molar-refractivity contribution < 1.29 is 19.4 Å². The number of amides is 2. The van der Waals surface area contributed by atoms with Gasteiger partial charge in [0.15, 0.2) is 0 Å². The summed E-state index contributed by atoms with van der Waals surface area (Å²) in [5, 5.41) is 23.9. The van der Waals surface area contributed by atoms with E-state index in [1.165, 1.54) is 0 Å². The Labute approximate surface area is 140 Å². The van der Waals surface area contributed by atoms with Crippen molar-refractivity contribution >= 4 is 23.2 Å². The van der Waals surface area contributed by atoms with Crippen LogP contribution in [0.25, 0.3) is 0 Å². The highest BCUT2D eigenvalue weighted by molar-refractivity contribution is 6.09. The van der Waals surface area contributed by atoms with Crippen LogP contribution in [0.3, 0.4) is 0 Å². The Bertz CT molecular complexity index is 852. The zero-order valence-corrected chi connectivity index (χ0v) is 12.6. The summed E-state index contributed by atoms with van der Waals surface area (Å²) in [6.07, 6.45) is 0. The zero-order valence-electron chi connectivity index (χ0n) is 12.6. The normalized spacial score (nSPS) is 11.4. The second-order valence-electron chi connectivity index (χ2n) is 4.89. The summed E-state index contributed by atoms with van der Waals surface area (Å²) in [7, 11) is 0. The van der Waals surface area contributed by atoms with Crippen molar-refractivity contribution in [2.75, 3.05) is 0 Å². The van der Waals surface area contributed by atoms with Crippen LogP contribution in [0.15, 0.2) is 48.5 Å². The fourth-order valence-corrected chi connectivity index (χ4v) is 2.12. The number of imide groups is 1. The lowest BCUT2D eigenvalue weighted by Crippen LogP contribution is -2.38. The summed E-state index contributed by atoms with van der Waals surface area (Å²) in [4.78, 5) is 44.2. The third-order valence-electron chi connectivity index (χ3n) is 3.32. The number of benzene rings is 2. The molecule has 1 unspecified atom stereocenters. The molecule has 0 bridgehead atoms. The first-order valence-electron chi connectivity index (χ1n) is 6.90. The van der Waals surface area contributed by atoms with Crippen molar-refractivity contribution in [1.29, 1.82) is 0 Å². The minimum Gasteiger partial charge on any atom is -0.316 e. The fraction of sp³-hybridized carbons (Fsp3) is 0.0667. The van der Waals surface area contributed by atoms with Crippen LogP contribution >= 0.6 is 0 Å². The smallest absolute Gasteiger partial charge is 0.316 e. The summed E-state index contributed by atoms with van der Waals surface area (Å²) in [5.74, 6) is -2.04. The molecule has 0 aliphatic heterocycles. The maximum atomic E-state index is 12.2. The Morgan fingerprint density at radius 2 is 1.60 bits per heavy atom. The van der Waals surface area contributed by atoms with E-state index in [-0.39, 0.29) is 0 Å². The molecule has 10 nitrogen and oxygen atoms in total. The third kappa shape index (κ3) is 3.82. The molecule has 10 heteroatoms. The number of para-hydroxylation sites is 1. The highest BCUT2D eigenvalue weighted by Crippen LogP contribution is 2.30. The number of carbonyl (C=O) groups is 2. The minimum absolute atomic E-state index is 0.432. The Balaban J connectivity index is 2.30. The molecule has 2 aromatic carbocycles. The lowest BCUT2D eigenvalue weighted by molar-refractivity contribution is -0.422. The van der Waals surface area contributed by atoms with Crippen LogP contribution in [0.4, 0.5) is 11.4 Å². The highest BCUT2D eigenvalue weighted by atomic mass is 16.6. The summed E-state index contributed by atoms with van der Waals surface area (Å²) in [6.45, 7) is 0. The van der Waals surface area contributed by atoms with Gasteiger partial charge in [0, 0.05) is 6.07 Å². The largest absolute Gasteiger partial charge is 0.358 e. The number of nitrogens with two attached hydrogens (primary N) is 1. The third-order valence-corrected chi connectivity index (χ3v) is 3.32. The standard InChI is InChI=1S/C15H12N4O6/c16-12(9-5-2-1-3-6-9)15(21)17-14(20)10-7-4-8-11(18(22)23)13(10)19(24)25/h1-8,12H,16H2,(H,17,20,21). The first kappa shape index (κ1) is 17.7. The van der Waals surface area contributed by atoms with E-state index in [4.69, 9.17) is 5.73 Å². The number of nitro benzene ring substituents is 2. The summed E-state index contributed by atoms with van der Waals surface area (Å²) < 4.78 is 0. The zero-order chi connectivity index (χ0) is 18.6. The number of nitrogens with zero attached hydrogens (tertiary/aromatic N) is 2. The van der Waals surface area contributed by atoms with E-state index in [1.807, 2.05) is 5.32 Å². The van der Waals surface area contributed by atoms with E-state index in [9.17, 15) is 29.8 Å². The maximum absolute atomic E-state index is 12.2. The Kier molecular flexibility index (Phi) is 5.15. The van der Waals surface area contributed by atoms with Crippen molar-refractivity contribution in [3.8, 4) is 0 Å². The minimum atomic E-state index is -1.18. The number of rotatable bonds is 5. The number of nitro groups is 2. The second kappa shape index (κ2) is 7.27. The van der Waals surface area contributed by atoms with Gasteiger partial charge in [-0.15, -0.1) is 0 Å². The first-order valence-corrected chi connectivity index (χ1v) is 6.90. The molecule has 2 amide bonds. The van der Waals surface area contributed by atoms with Crippen molar-refractivity contribution in [3.05, 3.63) is 79.9 Å². The van der Waals surface area contributed by atoms with Gasteiger partial charge in [0.25, 0.3) is 5.91 Å². The average molecular weight is 344 g/mol. The molecule has 128 valence electrons. The average Bonchev–Trinajstić information content (AvgIpc) is 2.60. The lowest BCUT2D eigenvalue weighted by Gasteiger charge is -2.11. The van der Waals surface area contributed by atoms with E-state index >= 15 is 0 Å². The van der Waals surface area contributed by atoms with Gasteiger partial charge in [-0.05, 0) is 11.6 Å². The van der Waals surface area contributed by atoms with Crippen LogP contribution < -0.4 is 11.1 Å². The molecule has 3 N–H and O–H groups in total. The van der Waals surface area contributed by atoms with Crippen LogP contribution in [0, 0.1) is 20.2 Å². The first-order chi connectivity index (χ1) is 11.8. The quantitative estimate of drug-likeness (QED) is 0.613. The number of nitrogens with one attached hydrogen (secondary N) is 1. The monoisotopic (exact) mass is 344 g/mol. The SMILES string of the molecule is NC(C(=O)NC(=O)c1cccc([N+](=O)[O-])c1[N+](=O)[O-])c1ccccc1. The molecule has 2 aromatic rings. The summed E-state index contributed by atoms with van der Waals surface area (Å²) in [5.41, 5.74) is 3.72. The molecule has 0 saturated heterocycles. The predicted molar refractivity (Wildman–Crippen MR) is 85.6 cm³/mol. The van der Waals surface area contributed by atoms with E-state index in [1.54, 1.807) is 30.3 Å². The van der Waals surface area contributed by atoms with Gasteiger partial charge in [0.1, 0.15) is 11.6 Å². The molecule has 0 spiro atoms. The molecular weight excluding hydrogens is 332 g/mol. The van der Waals surface area contributed by atoms with Crippen LogP contribution in [-0.2, 0) is 4.79 Å². The topological polar surface area (TPSA) is 158 Å². The number of hydrogen-bond donors (Lipinski definition) is 2. The molecule has 2 rings (SSSR count). The van der Waals surface area contributed by atoms with E-state index < -0.39 is 44.6 Å². The molecule has 25 heavy (non-hydrogen) atoms. The summed E-state index contributed by atoms with van der Waals surface area (Å²) in [6, 6.07) is 10.0. The molecule has 1 atom stereocenters. The van der Waals surface area contributed by atoms with Gasteiger partial charge >= 0.3 is 11.4 Å². The maximum Gasteiger partial charge on any atom is 0.358 e. The van der Waals surface area contributed by atoms with Crippen molar-refractivity contribution in [2.24, 2.45) is 5.73 Å². The number of carbonyl (C=O) groups excluding carboxylic acids is 2. The molecule has 0 aromatic heterocycles. The predicted octanol–water partition coefficient (Wildman–Crippen LogP) is 1.46. The van der Waals surface area contributed by atoms with Gasteiger partial charge in [-0.25, -0.2) is 0 Å². The van der Waals surface area contributed by atoms with Crippen LogP contribution in [-0.4, -0.2) is 21.7 Å². The van der Waals surface area contributed by atoms with Gasteiger partial charge in [-0.3, -0.25) is 35.1 Å². The lowest BCUT2D eigenvalue weighted by atomic mass is 10.1. The molecule has 0 aliphatic rings. The fourth-order valence-electron chi connectivity index (χ4n) is 2.12. The molecule has 0 saturated carbocycles. The van der Waals surface area contributed by atoms with Gasteiger partial charge in [-0.1, -0.05) is 36.4 Å². The second-order valence-corrected chi connectivity index (χ2v) is 4.89. The van der Waals surface area contributed by atoms with Crippen LogP contribution in [0.2, 0.25) is 0 Å². The van der Waals surface area contributed by atoms with Crippen molar-refractivity contribution in [3.63, 3.8) is 0 Å².